The van der Waals surface area contributed by atoms with Crippen LogP contribution in [0.5, 0.6) is 0 Å². The van der Waals surface area contributed by atoms with Crippen LogP contribution in [0.25, 0.3) is 11.0 Å². The highest BCUT2D eigenvalue weighted by molar-refractivity contribution is 9.09. The van der Waals surface area contributed by atoms with Gasteiger partial charge in [0.15, 0.2) is 0 Å². The number of carbonyl (C=O) groups excluding carboxylic acids is 1. The molecule has 0 saturated carbocycles. The molecule has 7 heteroatoms. The number of nitrogens with one attached hydrogen (secondary N) is 1. The van der Waals surface area contributed by atoms with Crippen molar-refractivity contribution in [2.24, 2.45) is 5.10 Å². The van der Waals surface area contributed by atoms with E-state index in [1.807, 2.05) is 12.1 Å². The first-order valence-electron chi connectivity index (χ1n) is 6.24. The van der Waals surface area contributed by atoms with Crippen molar-refractivity contribution in [3.05, 3.63) is 46.3 Å². The molecule has 1 N–H and O–H groups in total. The molecule has 0 bridgehead atoms. The van der Waals surface area contributed by atoms with Crippen molar-refractivity contribution in [3.8, 4) is 0 Å². The number of alkyl halides is 1. The monoisotopic (exact) mass is 352 g/mol. The van der Waals surface area contributed by atoms with Gasteiger partial charge in [0, 0.05) is 10.7 Å². The zero-order valence-electron chi connectivity index (χ0n) is 11.3. The Kier molecular flexibility index (Phi) is 5.10. The fourth-order valence-corrected chi connectivity index (χ4v) is 2.13. The molecule has 21 heavy (non-hydrogen) atoms. The second-order valence-electron chi connectivity index (χ2n) is 4.01. The van der Waals surface area contributed by atoms with Crippen molar-refractivity contribution in [1.29, 1.82) is 0 Å². The van der Waals surface area contributed by atoms with E-state index >= 15 is 0 Å². The van der Waals surface area contributed by atoms with Gasteiger partial charge in [0.1, 0.15) is 5.58 Å². The number of hydrogen-bond acceptors (Lipinski definition) is 5. The summed E-state index contributed by atoms with van der Waals surface area (Å²) in [5.74, 6) is 0. The van der Waals surface area contributed by atoms with Gasteiger partial charge in [-0.05, 0) is 19.1 Å². The van der Waals surface area contributed by atoms with Crippen LogP contribution in [0.15, 0.2) is 44.6 Å². The van der Waals surface area contributed by atoms with Gasteiger partial charge in [-0.3, -0.25) is 0 Å². The minimum atomic E-state index is -0.680. The van der Waals surface area contributed by atoms with Gasteiger partial charge in [-0.25, -0.2) is 15.0 Å². The van der Waals surface area contributed by atoms with Crippen LogP contribution in [-0.2, 0) is 4.74 Å². The van der Waals surface area contributed by atoms with Crippen LogP contribution in [-0.4, -0.2) is 23.7 Å². The number of ether oxygens (including phenoxy) is 1. The van der Waals surface area contributed by atoms with Crippen molar-refractivity contribution in [3.63, 3.8) is 0 Å². The van der Waals surface area contributed by atoms with Gasteiger partial charge < -0.3 is 9.15 Å². The third-order valence-electron chi connectivity index (χ3n) is 2.64. The summed E-state index contributed by atoms with van der Waals surface area (Å²) in [6.45, 7) is 1.93. The molecule has 1 amide bonds. The molecule has 110 valence electrons. The summed E-state index contributed by atoms with van der Waals surface area (Å²) in [6.07, 6.45) is -0.680. The fraction of sp³-hybridized carbons (Fsp3) is 0.214. The second kappa shape index (κ2) is 7.03. The van der Waals surface area contributed by atoms with Crippen LogP contribution in [0.4, 0.5) is 4.79 Å². The van der Waals surface area contributed by atoms with E-state index < -0.39 is 11.7 Å². The highest BCUT2D eigenvalue weighted by Gasteiger charge is 2.12. The molecule has 6 nitrogen and oxygen atoms in total. The molecule has 0 radical (unpaired) electrons. The van der Waals surface area contributed by atoms with Crippen molar-refractivity contribution in [2.75, 3.05) is 11.9 Å². The predicted molar refractivity (Wildman–Crippen MR) is 83.0 cm³/mol. The van der Waals surface area contributed by atoms with Gasteiger partial charge in [-0.15, -0.1) is 0 Å². The van der Waals surface area contributed by atoms with Gasteiger partial charge in [0.2, 0.25) is 0 Å². The molecule has 0 spiro atoms. The van der Waals surface area contributed by atoms with E-state index in [9.17, 15) is 9.59 Å². The third-order valence-corrected chi connectivity index (χ3v) is 3.17. The molecule has 0 fully saturated rings. The van der Waals surface area contributed by atoms with E-state index in [1.165, 1.54) is 0 Å². The van der Waals surface area contributed by atoms with E-state index in [4.69, 9.17) is 9.15 Å². The average molecular weight is 353 g/mol. The fourth-order valence-electron chi connectivity index (χ4n) is 1.70. The number of rotatable bonds is 4. The van der Waals surface area contributed by atoms with Crippen molar-refractivity contribution in [2.45, 2.75) is 6.92 Å². The first-order chi connectivity index (χ1) is 10.2. The minimum Gasteiger partial charge on any atom is -0.449 e. The molecule has 1 heterocycles. The molecular formula is C14H13BrN2O4. The molecular weight excluding hydrogens is 340 g/mol. The SMILES string of the molecule is CCOC(=O)NN=C(CBr)c1cc2ccccc2oc1=O. The Balaban J connectivity index is 2.38. The molecule has 0 aliphatic rings. The molecule has 0 aliphatic carbocycles. The number of fused-ring (bicyclic) bond motifs is 1. The lowest BCUT2D eigenvalue weighted by Crippen LogP contribution is -2.24. The zero-order chi connectivity index (χ0) is 15.2. The topological polar surface area (TPSA) is 80.9 Å². The highest BCUT2D eigenvalue weighted by Crippen LogP contribution is 2.13. The summed E-state index contributed by atoms with van der Waals surface area (Å²) in [4.78, 5) is 23.2. The lowest BCUT2D eigenvalue weighted by molar-refractivity contribution is 0.152. The summed E-state index contributed by atoms with van der Waals surface area (Å²) < 4.78 is 9.93. The van der Waals surface area contributed by atoms with Gasteiger partial charge in [-0.1, -0.05) is 34.1 Å². The smallest absolute Gasteiger partial charge is 0.427 e. The molecule has 2 rings (SSSR count). The normalized spacial score (nSPS) is 11.4. The molecule has 1 aromatic carbocycles. The maximum Gasteiger partial charge on any atom is 0.427 e. The minimum absolute atomic E-state index is 0.239. The Bertz CT molecular complexity index is 739. The standard InChI is InChI=1S/C14H13BrN2O4/c1-2-20-14(19)17-16-11(8-15)10-7-9-5-3-4-6-12(9)21-13(10)18/h3-7H,2,8H2,1H3,(H,17,19). The summed E-state index contributed by atoms with van der Waals surface area (Å²) >= 11 is 3.24. The first-order valence-corrected chi connectivity index (χ1v) is 7.36. The van der Waals surface area contributed by atoms with Crippen LogP contribution in [0.1, 0.15) is 12.5 Å². The van der Waals surface area contributed by atoms with E-state index in [-0.39, 0.29) is 17.5 Å². The number of nitrogens with zero attached hydrogens (tertiary/aromatic N) is 1. The molecule has 0 atom stereocenters. The lowest BCUT2D eigenvalue weighted by Gasteiger charge is -2.05. The Hall–Kier alpha value is -2.15. The Morgan fingerprint density at radius 1 is 1.43 bits per heavy atom. The largest absolute Gasteiger partial charge is 0.449 e. The maximum atomic E-state index is 12.0. The van der Waals surface area contributed by atoms with Gasteiger partial charge in [0.05, 0.1) is 17.9 Å². The predicted octanol–water partition coefficient (Wildman–Crippen LogP) is 2.64. The molecule has 1 aromatic heterocycles. The van der Waals surface area contributed by atoms with Crippen molar-refractivity contribution >= 4 is 38.7 Å². The highest BCUT2D eigenvalue weighted by atomic mass is 79.9. The third kappa shape index (κ3) is 3.69. The molecule has 0 aliphatic heterocycles. The Morgan fingerprint density at radius 3 is 2.90 bits per heavy atom. The maximum absolute atomic E-state index is 12.0. The molecule has 0 saturated heterocycles. The Labute approximate surface area is 128 Å². The summed E-state index contributed by atoms with van der Waals surface area (Å²) in [6, 6.07) is 8.84. The van der Waals surface area contributed by atoms with Crippen LogP contribution in [0.3, 0.4) is 0 Å². The van der Waals surface area contributed by atoms with E-state index in [1.54, 1.807) is 25.1 Å². The van der Waals surface area contributed by atoms with Crippen molar-refractivity contribution < 1.29 is 13.9 Å². The number of benzene rings is 1. The number of para-hydroxylation sites is 1. The molecule has 0 unspecified atom stereocenters. The quantitative estimate of drug-likeness (QED) is 0.397. The van der Waals surface area contributed by atoms with Crippen LogP contribution < -0.4 is 11.1 Å². The van der Waals surface area contributed by atoms with E-state index in [0.29, 0.717) is 11.3 Å². The number of carbonyl (C=O) groups is 1. The Morgan fingerprint density at radius 2 is 2.19 bits per heavy atom. The summed E-state index contributed by atoms with van der Waals surface area (Å²) in [5.41, 5.74) is 2.84. The van der Waals surface area contributed by atoms with Crippen molar-refractivity contribution in [1.82, 2.24) is 5.43 Å². The molecule has 2 aromatic rings. The van der Waals surface area contributed by atoms with Gasteiger partial charge >= 0.3 is 11.7 Å². The van der Waals surface area contributed by atoms with Crippen LogP contribution >= 0.6 is 15.9 Å². The zero-order valence-corrected chi connectivity index (χ0v) is 12.8. The van der Waals surface area contributed by atoms with Crippen LogP contribution in [0, 0.1) is 0 Å². The lowest BCUT2D eigenvalue weighted by atomic mass is 10.1. The van der Waals surface area contributed by atoms with E-state index in [2.05, 4.69) is 26.5 Å². The summed E-state index contributed by atoms with van der Waals surface area (Å²) in [5, 5.41) is 4.94. The number of amides is 1. The van der Waals surface area contributed by atoms with Crippen LogP contribution in [0.2, 0.25) is 0 Å². The number of halogens is 1. The number of hydrogen-bond donors (Lipinski definition) is 1. The van der Waals surface area contributed by atoms with Gasteiger partial charge in [0.25, 0.3) is 0 Å². The summed E-state index contributed by atoms with van der Waals surface area (Å²) in [7, 11) is 0. The average Bonchev–Trinajstić information content (AvgIpc) is 2.48. The van der Waals surface area contributed by atoms with Gasteiger partial charge in [-0.2, -0.15) is 5.10 Å². The van der Waals surface area contributed by atoms with E-state index in [0.717, 1.165) is 5.39 Å². The number of hydrazone groups is 1. The first kappa shape index (κ1) is 15.2. The second-order valence-corrected chi connectivity index (χ2v) is 4.57.